The zero-order chi connectivity index (χ0) is 42.3. The number of likely N-dealkylation sites (tertiary alicyclic amines) is 1. The average molecular weight is 899 g/mol. The Bertz CT molecular complexity index is 2220. The number of aryl methyl sites for hydroxylation is 2. The number of carbonyl (C=O) groups is 2. The van der Waals surface area contributed by atoms with Crippen LogP contribution in [0.5, 0.6) is 0 Å². The van der Waals surface area contributed by atoms with Crippen LogP contribution in [0.4, 0.5) is 5.69 Å². The minimum atomic E-state index is -0.533. The molecule has 320 valence electrons. The highest BCUT2D eigenvalue weighted by Crippen LogP contribution is 2.40. The van der Waals surface area contributed by atoms with Crippen molar-refractivity contribution >= 4 is 75.2 Å². The van der Waals surface area contributed by atoms with E-state index in [1.54, 1.807) is 35.4 Å². The van der Waals surface area contributed by atoms with Gasteiger partial charge in [0.1, 0.15) is 22.7 Å². The normalized spacial score (nSPS) is 16.9. The molecular weight excluding hydrogens is 849 g/mol. The minimum absolute atomic E-state index is 0.0663. The summed E-state index contributed by atoms with van der Waals surface area (Å²) in [7, 11) is 1.78. The highest BCUT2D eigenvalue weighted by molar-refractivity contribution is 7.15. The van der Waals surface area contributed by atoms with Crippen LogP contribution in [0, 0.1) is 20.8 Å². The number of amidine groups is 1. The summed E-state index contributed by atoms with van der Waals surface area (Å²) in [5.74, 6) is 1.90. The Morgan fingerprint density at radius 2 is 1.65 bits per heavy atom. The number of likely N-dealkylation sites (N-methyl/N-ethyl adjacent to an activating group) is 1. The SMILES string of the molecule is Cc1sc2c(c1C)C(c1ccc(Cl)cc1)=N[C@@H](CC(=O)N(C)CCOCCOCCOC1CCN(CC(=O)NC3=NN(c4ccc(Cl)c(Cl)c4)CC3)CC1)c1nnc(C)n1-2. The van der Waals surface area contributed by atoms with Crippen molar-refractivity contribution in [2.45, 2.75) is 58.6 Å². The molecule has 0 unspecified atom stereocenters. The third kappa shape index (κ3) is 10.7. The van der Waals surface area contributed by atoms with Gasteiger partial charge in [0.25, 0.3) is 0 Å². The van der Waals surface area contributed by atoms with Crippen LogP contribution in [0.25, 0.3) is 5.00 Å². The predicted octanol–water partition coefficient (Wildman–Crippen LogP) is 6.81. The minimum Gasteiger partial charge on any atom is -0.377 e. The molecule has 4 aromatic rings. The number of fused-ring (bicyclic) bond motifs is 3. The lowest BCUT2D eigenvalue weighted by Gasteiger charge is -2.31. The fraction of sp³-hybridized carbons (Fsp3) is 0.476. The van der Waals surface area contributed by atoms with Crippen LogP contribution >= 0.6 is 46.1 Å². The third-order valence-electron chi connectivity index (χ3n) is 10.9. The summed E-state index contributed by atoms with van der Waals surface area (Å²) in [6.45, 7) is 11.2. The van der Waals surface area contributed by atoms with Crippen LogP contribution in [0.1, 0.15) is 64.9 Å². The van der Waals surface area contributed by atoms with E-state index in [0.29, 0.717) is 85.8 Å². The molecule has 2 aromatic carbocycles. The van der Waals surface area contributed by atoms with Crippen LogP contribution < -0.4 is 10.3 Å². The molecular formula is C42H50Cl3N9O5S. The van der Waals surface area contributed by atoms with Crippen LogP contribution in [0.2, 0.25) is 15.1 Å². The number of amides is 2. The van der Waals surface area contributed by atoms with Gasteiger partial charge in [-0.1, -0.05) is 46.9 Å². The maximum absolute atomic E-state index is 13.6. The molecule has 60 heavy (non-hydrogen) atoms. The number of carbonyl (C=O) groups excluding carboxylic acids is 2. The number of hydrogen-bond donors (Lipinski definition) is 1. The predicted molar refractivity (Wildman–Crippen MR) is 237 cm³/mol. The summed E-state index contributed by atoms with van der Waals surface area (Å²) in [5, 5.41) is 20.8. The smallest absolute Gasteiger partial charge is 0.239 e. The zero-order valence-corrected chi connectivity index (χ0v) is 37.3. The number of aliphatic imine (C=N–C) groups is 1. The largest absolute Gasteiger partial charge is 0.377 e. The quantitative estimate of drug-likeness (QED) is 0.120. The van der Waals surface area contributed by atoms with Crippen LogP contribution in [0.3, 0.4) is 0 Å². The third-order valence-corrected chi connectivity index (χ3v) is 13.0. The summed E-state index contributed by atoms with van der Waals surface area (Å²) >= 11 is 20.1. The first kappa shape index (κ1) is 44.1. The zero-order valence-electron chi connectivity index (χ0n) is 34.3. The van der Waals surface area contributed by atoms with Gasteiger partial charge in [-0.05, 0) is 69.5 Å². The average Bonchev–Trinajstić information content (AvgIpc) is 3.91. The van der Waals surface area contributed by atoms with E-state index in [2.05, 4.69) is 39.4 Å². The number of hydrazone groups is 1. The van der Waals surface area contributed by atoms with Crippen molar-refractivity contribution in [1.82, 2.24) is 29.9 Å². The van der Waals surface area contributed by atoms with Crippen LogP contribution in [-0.2, 0) is 23.8 Å². The molecule has 18 heteroatoms. The van der Waals surface area contributed by atoms with E-state index in [1.165, 1.54) is 4.88 Å². The number of benzene rings is 2. The maximum atomic E-state index is 13.6. The molecule has 7 rings (SSSR count). The summed E-state index contributed by atoms with van der Waals surface area (Å²) < 4.78 is 19.6. The lowest BCUT2D eigenvalue weighted by molar-refractivity contribution is -0.131. The van der Waals surface area contributed by atoms with Crippen molar-refractivity contribution in [3.05, 3.63) is 90.7 Å². The summed E-state index contributed by atoms with van der Waals surface area (Å²) in [6, 6.07) is 12.5. The van der Waals surface area contributed by atoms with Gasteiger partial charge in [0.05, 0.1) is 73.5 Å². The molecule has 14 nitrogen and oxygen atoms in total. The van der Waals surface area contributed by atoms with Crippen LogP contribution in [-0.4, -0.2) is 127 Å². The number of hydrogen-bond acceptors (Lipinski definition) is 12. The number of thiophene rings is 1. The van der Waals surface area contributed by atoms with E-state index in [4.69, 9.17) is 54.0 Å². The Kier molecular flexibility index (Phi) is 14.9. The Hall–Kier alpha value is -3.93. The van der Waals surface area contributed by atoms with Gasteiger partial charge in [0.2, 0.25) is 11.8 Å². The first-order valence-electron chi connectivity index (χ1n) is 20.1. The molecule has 0 aliphatic carbocycles. The summed E-state index contributed by atoms with van der Waals surface area (Å²) in [5.41, 5.74) is 4.75. The van der Waals surface area contributed by atoms with Crippen LogP contribution in [0.15, 0.2) is 52.6 Å². The van der Waals surface area contributed by atoms with E-state index in [0.717, 1.165) is 64.8 Å². The Balaban J connectivity index is 0.774. The Labute approximate surface area is 369 Å². The van der Waals surface area contributed by atoms with Gasteiger partial charge in [0, 0.05) is 60.7 Å². The van der Waals surface area contributed by atoms with E-state index >= 15 is 0 Å². The molecule has 2 amide bonds. The Morgan fingerprint density at radius 1 is 0.917 bits per heavy atom. The molecule has 5 heterocycles. The van der Waals surface area contributed by atoms with Gasteiger partial charge in [0.15, 0.2) is 5.82 Å². The summed E-state index contributed by atoms with van der Waals surface area (Å²) in [4.78, 5) is 36.5. The first-order valence-corrected chi connectivity index (χ1v) is 22.1. The van der Waals surface area contributed by atoms with Gasteiger partial charge < -0.3 is 24.4 Å². The lowest BCUT2D eigenvalue weighted by atomic mass is 9.99. The maximum Gasteiger partial charge on any atom is 0.239 e. The number of nitrogens with one attached hydrogen (secondary N) is 1. The molecule has 2 aromatic heterocycles. The molecule has 1 N–H and O–H groups in total. The molecule has 1 saturated heterocycles. The van der Waals surface area contributed by atoms with Gasteiger partial charge in [-0.15, -0.1) is 21.5 Å². The van der Waals surface area contributed by atoms with Crippen molar-refractivity contribution in [3.63, 3.8) is 0 Å². The number of ether oxygens (including phenoxy) is 3. The molecule has 0 bridgehead atoms. The first-order chi connectivity index (χ1) is 28.9. The van der Waals surface area contributed by atoms with E-state index in [9.17, 15) is 9.59 Å². The second kappa shape index (κ2) is 20.3. The molecule has 1 atom stereocenters. The monoisotopic (exact) mass is 897 g/mol. The number of piperidine rings is 1. The van der Waals surface area contributed by atoms with Crippen molar-refractivity contribution in [2.75, 3.05) is 77.8 Å². The standard InChI is InChI=1S/C42H50Cl3N9O5S/c1-26-27(2)60-42-39(26)40(29-5-7-30(43)8-6-29)46-35(41-49-48-28(3)54(41)42)24-38(56)51(4)17-18-57-19-20-58-21-22-59-32-11-14-52(15-12-32)25-37(55)47-36-13-16-53(50-36)31-9-10-33(44)34(45)23-31/h5-10,23,32,35H,11-22,24-25H2,1-4H3,(H,47,50,55)/t35-/m0/s1. The fourth-order valence-electron chi connectivity index (χ4n) is 7.39. The van der Waals surface area contributed by atoms with E-state index in [-0.39, 0.29) is 24.3 Å². The van der Waals surface area contributed by atoms with Gasteiger partial charge in [-0.3, -0.25) is 29.1 Å². The Morgan fingerprint density at radius 3 is 2.40 bits per heavy atom. The number of nitrogens with zero attached hydrogens (tertiary/aromatic N) is 8. The second-order valence-electron chi connectivity index (χ2n) is 15.1. The van der Waals surface area contributed by atoms with Crippen molar-refractivity contribution in [2.24, 2.45) is 10.1 Å². The number of anilines is 1. The summed E-state index contributed by atoms with van der Waals surface area (Å²) in [6.07, 6.45) is 2.60. The van der Waals surface area contributed by atoms with E-state index < -0.39 is 6.04 Å². The molecule has 1 fully saturated rings. The lowest BCUT2D eigenvalue weighted by Crippen LogP contribution is -2.44. The number of aromatic nitrogens is 3. The molecule has 3 aliphatic rings. The highest BCUT2D eigenvalue weighted by atomic mass is 35.5. The second-order valence-corrected chi connectivity index (χ2v) is 17.5. The topological polar surface area (TPSA) is 139 Å². The van der Waals surface area contributed by atoms with Gasteiger partial charge >= 0.3 is 0 Å². The van der Waals surface area contributed by atoms with Crippen molar-refractivity contribution < 1.29 is 23.8 Å². The van der Waals surface area contributed by atoms with Crippen molar-refractivity contribution in [3.8, 4) is 5.00 Å². The van der Waals surface area contributed by atoms with Gasteiger partial charge in [-0.25, -0.2) is 0 Å². The molecule has 0 spiro atoms. The molecule has 0 saturated carbocycles. The highest BCUT2D eigenvalue weighted by Gasteiger charge is 2.33. The van der Waals surface area contributed by atoms with E-state index in [1.807, 2.05) is 46.8 Å². The van der Waals surface area contributed by atoms with Crippen molar-refractivity contribution in [1.29, 1.82) is 0 Å². The number of halogens is 3. The molecule has 0 radical (unpaired) electrons. The fourth-order valence-corrected chi connectivity index (χ4v) is 9.02. The van der Waals surface area contributed by atoms with Gasteiger partial charge in [-0.2, -0.15) is 5.10 Å². The molecule has 3 aliphatic heterocycles. The number of rotatable bonds is 16.